The number of benzene rings is 1. The molecule has 0 saturated carbocycles. The van der Waals surface area contributed by atoms with Gasteiger partial charge in [-0.15, -0.1) is 0 Å². The molecule has 1 heterocycles. The highest BCUT2D eigenvalue weighted by Crippen LogP contribution is 2.27. The number of carbonyl (C=O) groups excluding carboxylic acids is 1. The van der Waals surface area contributed by atoms with Gasteiger partial charge in [-0.2, -0.15) is 0 Å². The van der Waals surface area contributed by atoms with E-state index in [1.165, 1.54) is 12.1 Å². The van der Waals surface area contributed by atoms with Gasteiger partial charge in [0.1, 0.15) is 5.82 Å². The molecule has 0 aliphatic carbocycles. The summed E-state index contributed by atoms with van der Waals surface area (Å²) in [6, 6.07) is 6.03. The monoisotopic (exact) mass is 293 g/mol. The smallest absolute Gasteiger partial charge is 0.225 e. The van der Waals surface area contributed by atoms with Crippen LogP contribution in [0.15, 0.2) is 24.3 Å². The van der Waals surface area contributed by atoms with Crippen LogP contribution in [0.3, 0.4) is 0 Å². The first kappa shape index (κ1) is 15.9. The summed E-state index contributed by atoms with van der Waals surface area (Å²) in [4.78, 5) is 14.2. The van der Waals surface area contributed by atoms with Crippen molar-refractivity contribution in [2.75, 3.05) is 25.0 Å². The third-order valence-corrected chi connectivity index (χ3v) is 4.17. The Hall–Kier alpha value is -1.46. The van der Waals surface area contributed by atoms with Gasteiger partial charge in [-0.25, -0.2) is 4.39 Å². The summed E-state index contributed by atoms with van der Waals surface area (Å²) in [5.74, 6) is -0.353. The zero-order valence-corrected chi connectivity index (χ0v) is 12.7. The van der Waals surface area contributed by atoms with Gasteiger partial charge in [-0.3, -0.25) is 4.79 Å². The lowest BCUT2D eigenvalue weighted by Gasteiger charge is -2.42. The second kappa shape index (κ2) is 6.54. The molecule has 1 aliphatic rings. The zero-order valence-electron chi connectivity index (χ0n) is 12.7. The van der Waals surface area contributed by atoms with Crippen molar-refractivity contribution in [2.45, 2.75) is 32.7 Å². The number of nitrogens with two attached hydrogens (primary N) is 1. The van der Waals surface area contributed by atoms with E-state index in [1.807, 2.05) is 0 Å². The minimum atomic E-state index is -0.306. The van der Waals surface area contributed by atoms with Crippen LogP contribution in [-0.2, 0) is 4.79 Å². The van der Waals surface area contributed by atoms with Gasteiger partial charge < -0.3 is 16.0 Å². The van der Waals surface area contributed by atoms with E-state index in [0.717, 1.165) is 26.1 Å². The first-order chi connectivity index (χ1) is 9.87. The van der Waals surface area contributed by atoms with Crippen molar-refractivity contribution < 1.29 is 9.18 Å². The van der Waals surface area contributed by atoms with E-state index in [2.05, 4.69) is 24.1 Å². The summed E-state index contributed by atoms with van der Waals surface area (Å²) in [6.45, 7) is 6.92. The van der Waals surface area contributed by atoms with Gasteiger partial charge in [0, 0.05) is 31.2 Å². The normalized spacial score (nSPS) is 22.0. The molecule has 0 bridgehead atoms. The standard InChI is InChI=1S/C16H24FN3O/c1-16(2)11-20(9-7-14(16)18)10-8-15(21)19-13-5-3-12(17)4-6-13/h3-6,14H,7-11,18H2,1-2H3,(H,19,21). The number of amides is 1. The van der Waals surface area contributed by atoms with Crippen LogP contribution in [0.1, 0.15) is 26.7 Å². The predicted octanol–water partition coefficient (Wildman–Crippen LogP) is 2.21. The van der Waals surface area contributed by atoms with Crippen LogP contribution in [-0.4, -0.2) is 36.5 Å². The number of nitrogens with one attached hydrogen (secondary N) is 1. The lowest BCUT2D eigenvalue weighted by molar-refractivity contribution is -0.116. The van der Waals surface area contributed by atoms with Crippen molar-refractivity contribution in [1.29, 1.82) is 0 Å². The molecule has 1 unspecified atom stereocenters. The molecule has 3 N–H and O–H groups in total. The molecule has 1 saturated heterocycles. The Labute approximate surface area is 125 Å². The average Bonchev–Trinajstić information content (AvgIpc) is 2.42. The number of rotatable bonds is 4. The van der Waals surface area contributed by atoms with Gasteiger partial charge in [0.2, 0.25) is 5.91 Å². The Balaban J connectivity index is 1.78. The maximum Gasteiger partial charge on any atom is 0.225 e. The highest BCUT2D eigenvalue weighted by Gasteiger charge is 2.33. The van der Waals surface area contributed by atoms with E-state index < -0.39 is 0 Å². The van der Waals surface area contributed by atoms with Gasteiger partial charge in [0.25, 0.3) is 0 Å². The van der Waals surface area contributed by atoms with Crippen molar-refractivity contribution >= 4 is 11.6 Å². The number of likely N-dealkylation sites (tertiary alicyclic amines) is 1. The summed E-state index contributed by atoms with van der Waals surface area (Å²) in [6.07, 6.45) is 1.40. The Morgan fingerprint density at radius 1 is 1.43 bits per heavy atom. The molecule has 0 spiro atoms. The number of hydrogen-bond donors (Lipinski definition) is 2. The van der Waals surface area contributed by atoms with Crippen LogP contribution in [0.2, 0.25) is 0 Å². The first-order valence-electron chi connectivity index (χ1n) is 7.40. The summed E-state index contributed by atoms with van der Waals surface area (Å²) >= 11 is 0. The fraction of sp³-hybridized carbons (Fsp3) is 0.562. The molecular formula is C16H24FN3O. The summed E-state index contributed by atoms with van der Waals surface area (Å²) in [7, 11) is 0. The van der Waals surface area contributed by atoms with Crippen LogP contribution >= 0.6 is 0 Å². The van der Waals surface area contributed by atoms with Gasteiger partial charge in [-0.05, 0) is 42.6 Å². The van der Waals surface area contributed by atoms with Gasteiger partial charge >= 0.3 is 0 Å². The summed E-state index contributed by atoms with van der Waals surface area (Å²) in [5.41, 5.74) is 6.82. The molecule has 4 nitrogen and oxygen atoms in total. The van der Waals surface area contributed by atoms with Gasteiger partial charge in [-0.1, -0.05) is 13.8 Å². The molecule has 1 aliphatic heterocycles. The average molecular weight is 293 g/mol. The van der Waals surface area contributed by atoms with Crippen LogP contribution in [0.5, 0.6) is 0 Å². The van der Waals surface area contributed by atoms with Crippen molar-refractivity contribution in [3.8, 4) is 0 Å². The second-order valence-electron chi connectivity index (χ2n) is 6.46. The molecular weight excluding hydrogens is 269 g/mol. The Bertz CT molecular complexity index is 487. The fourth-order valence-electron chi connectivity index (χ4n) is 2.69. The largest absolute Gasteiger partial charge is 0.327 e. The number of piperidine rings is 1. The number of nitrogens with zero attached hydrogens (tertiary/aromatic N) is 1. The molecule has 0 radical (unpaired) electrons. The molecule has 0 aromatic heterocycles. The molecule has 21 heavy (non-hydrogen) atoms. The van der Waals surface area contributed by atoms with E-state index >= 15 is 0 Å². The molecule has 5 heteroatoms. The number of halogens is 1. The van der Waals surface area contributed by atoms with Crippen molar-refractivity contribution in [3.05, 3.63) is 30.1 Å². The maximum atomic E-state index is 12.8. The lowest BCUT2D eigenvalue weighted by atomic mass is 9.80. The maximum absolute atomic E-state index is 12.8. The Morgan fingerprint density at radius 2 is 2.10 bits per heavy atom. The number of hydrogen-bond acceptors (Lipinski definition) is 3. The van der Waals surface area contributed by atoms with E-state index in [4.69, 9.17) is 5.73 Å². The topological polar surface area (TPSA) is 58.4 Å². The van der Waals surface area contributed by atoms with Crippen molar-refractivity contribution in [2.24, 2.45) is 11.1 Å². The molecule has 116 valence electrons. The van der Waals surface area contributed by atoms with Crippen LogP contribution < -0.4 is 11.1 Å². The number of anilines is 1. The van der Waals surface area contributed by atoms with Crippen molar-refractivity contribution in [1.82, 2.24) is 4.90 Å². The van der Waals surface area contributed by atoms with Gasteiger partial charge in [0.15, 0.2) is 0 Å². The molecule has 1 atom stereocenters. The Kier molecular flexibility index (Phi) is 4.96. The zero-order chi connectivity index (χ0) is 15.5. The first-order valence-corrected chi connectivity index (χ1v) is 7.40. The minimum Gasteiger partial charge on any atom is -0.327 e. The summed E-state index contributed by atoms with van der Waals surface area (Å²) in [5, 5.41) is 2.78. The van der Waals surface area contributed by atoms with Crippen LogP contribution in [0.25, 0.3) is 0 Å². The third kappa shape index (κ3) is 4.51. The second-order valence-corrected chi connectivity index (χ2v) is 6.46. The third-order valence-electron chi connectivity index (χ3n) is 4.17. The van der Waals surface area contributed by atoms with Gasteiger partial charge in [0.05, 0.1) is 0 Å². The van der Waals surface area contributed by atoms with Crippen molar-refractivity contribution in [3.63, 3.8) is 0 Å². The van der Waals surface area contributed by atoms with E-state index in [1.54, 1.807) is 12.1 Å². The molecule has 1 aromatic rings. The summed E-state index contributed by atoms with van der Waals surface area (Å²) < 4.78 is 12.8. The van der Waals surface area contributed by atoms with Crippen LogP contribution in [0.4, 0.5) is 10.1 Å². The Morgan fingerprint density at radius 3 is 2.71 bits per heavy atom. The minimum absolute atomic E-state index is 0.0470. The molecule has 1 amide bonds. The fourth-order valence-corrected chi connectivity index (χ4v) is 2.69. The highest BCUT2D eigenvalue weighted by atomic mass is 19.1. The highest BCUT2D eigenvalue weighted by molar-refractivity contribution is 5.90. The molecule has 1 aromatic carbocycles. The quantitative estimate of drug-likeness (QED) is 0.895. The van der Waals surface area contributed by atoms with Crippen LogP contribution in [0, 0.1) is 11.2 Å². The van der Waals surface area contributed by atoms with E-state index in [9.17, 15) is 9.18 Å². The van der Waals surface area contributed by atoms with E-state index in [0.29, 0.717) is 12.1 Å². The lowest BCUT2D eigenvalue weighted by Crippen LogP contribution is -2.52. The SMILES string of the molecule is CC1(C)CN(CCC(=O)Nc2ccc(F)cc2)CCC1N. The predicted molar refractivity (Wildman–Crippen MR) is 82.5 cm³/mol. The van der Waals surface area contributed by atoms with E-state index in [-0.39, 0.29) is 23.2 Å². The molecule has 1 fully saturated rings. The number of carbonyl (C=O) groups is 1. The molecule has 2 rings (SSSR count).